The van der Waals surface area contributed by atoms with Crippen molar-refractivity contribution in [3.05, 3.63) is 52.9 Å². The van der Waals surface area contributed by atoms with Crippen LogP contribution in [-0.4, -0.2) is 36.1 Å². The van der Waals surface area contributed by atoms with Crippen molar-refractivity contribution < 1.29 is 4.74 Å². The fraction of sp³-hybridized carbons (Fsp3) is 0.421. The van der Waals surface area contributed by atoms with E-state index < -0.39 is 0 Å². The van der Waals surface area contributed by atoms with Crippen LogP contribution in [0.2, 0.25) is 5.15 Å². The Labute approximate surface area is 160 Å². The fourth-order valence-electron chi connectivity index (χ4n) is 2.28. The number of nitrogens with zero attached hydrogens (tertiary/aromatic N) is 3. The quantitative estimate of drug-likeness (QED) is 0.305. The van der Waals surface area contributed by atoms with E-state index in [4.69, 9.17) is 16.3 Å². The Morgan fingerprint density at radius 3 is 2.85 bits per heavy atom. The molecule has 0 saturated heterocycles. The van der Waals surface area contributed by atoms with E-state index in [0.29, 0.717) is 24.2 Å². The van der Waals surface area contributed by atoms with E-state index in [9.17, 15) is 0 Å². The van der Waals surface area contributed by atoms with E-state index in [2.05, 4.69) is 32.5 Å². The Morgan fingerprint density at radius 1 is 1.23 bits per heavy atom. The van der Waals surface area contributed by atoms with E-state index in [1.807, 2.05) is 18.2 Å². The molecule has 0 aliphatic carbocycles. The lowest BCUT2D eigenvalue weighted by molar-refractivity contribution is 0.294. The van der Waals surface area contributed by atoms with Crippen molar-refractivity contribution in [1.29, 1.82) is 0 Å². The molecule has 2 heterocycles. The molecule has 0 spiro atoms. The lowest BCUT2D eigenvalue weighted by Crippen LogP contribution is -2.38. The number of aromatic nitrogens is 2. The number of halogens is 1. The minimum absolute atomic E-state index is 0.507. The van der Waals surface area contributed by atoms with Crippen molar-refractivity contribution >= 4 is 17.6 Å². The van der Waals surface area contributed by atoms with E-state index in [1.54, 1.807) is 25.5 Å². The van der Waals surface area contributed by atoms with Crippen LogP contribution in [0.3, 0.4) is 0 Å². The summed E-state index contributed by atoms with van der Waals surface area (Å²) in [6.45, 7) is 4.16. The molecule has 6 nitrogen and oxygen atoms in total. The summed E-state index contributed by atoms with van der Waals surface area (Å²) in [7, 11) is 1.75. The largest absolute Gasteiger partial charge is 0.477 e. The lowest BCUT2D eigenvalue weighted by Gasteiger charge is -2.14. The first kappa shape index (κ1) is 20.0. The number of nitrogens with one attached hydrogen (secondary N) is 2. The average Bonchev–Trinajstić information content (AvgIpc) is 2.67. The molecule has 0 saturated carbocycles. The van der Waals surface area contributed by atoms with Crippen molar-refractivity contribution in [3.8, 4) is 5.88 Å². The molecule has 140 valence electrons. The molecule has 2 N–H and O–H groups in total. The van der Waals surface area contributed by atoms with Crippen LogP contribution in [0.5, 0.6) is 5.88 Å². The minimum Gasteiger partial charge on any atom is -0.477 e. The van der Waals surface area contributed by atoms with Gasteiger partial charge in [0.05, 0.1) is 6.61 Å². The van der Waals surface area contributed by atoms with Crippen molar-refractivity contribution in [2.45, 2.75) is 32.7 Å². The maximum absolute atomic E-state index is 5.80. The van der Waals surface area contributed by atoms with Gasteiger partial charge in [-0.05, 0) is 30.5 Å². The van der Waals surface area contributed by atoms with Gasteiger partial charge in [-0.1, -0.05) is 37.1 Å². The molecule has 0 unspecified atom stereocenters. The first-order chi connectivity index (χ1) is 12.7. The van der Waals surface area contributed by atoms with Crippen LogP contribution >= 0.6 is 11.6 Å². The summed E-state index contributed by atoms with van der Waals surface area (Å²) < 4.78 is 5.76. The number of pyridine rings is 2. The van der Waals surface area contributed by atoms with Gasteiger partial charge in [-0.15, -0.1) is 0 Å². The number of aliphatic imine (C=N–C) groups is 1. The molecular weight excluding hydrogens is 350 g/mol. The van der Waals surface area contributed by atoms with Crippen molar-refractivity contribution in [2.75, 3.05) is 20.2 Å². The zero-order valence-corrected chi connectivity index (χ0v) is 16.1. The molecule has 2 aromatic rings. The van der Waals surface area contributed by atoms with Gasteiger partial charge in [0.2, 0.25) is 5.88 Å². The summed E-state index contributed by atoms with van der Waals surface area (Å²) in [5.74, 6) is 1.41. The first-order valence-corrected chi connectivity index (χ1v) is 9.22. The zero-order chi connectivity index (χ0) is 18.6. The average molecular weight is 376 g/mol. The van der Waals surface area contributed by atoms with Crippen LogP contribution in [0.1, 0.15) is 30.9 Å². The summed E-state index contributed by atoms with van der Waals surface area (Å²) in [6, 6.07) is 7.69. The minimum atomic E-state index is 0.507. The van der Waals surface area contributed by atoms with E-state index in [-0.39, 0.29) is 0 Å². The number of guanidine groups is 1. The van der Waals surface area contributed by atoms with Crippen molar-refractivity contribution in [1.82, 2.24) is 20.6 Å². The van der Waals surface area contributed by atoms with Gasteiger partial charge >= 0.3 is 0 Å². The third kappa shape index (κ3) is 6.88. The zero-order valence-electron chi connectivity index (χ0n) is 15.3. The van der Waals surface area contributed by atoms with Crippen LogP contribution < -0.4 is 15.4 Å². The molecule has 2 aromatic heterocycles. The number of hydrogen-bond donors (Lipinski definition) is 2. The van der Waals surface area contributed by atoms with Gasteiger partial charge in [0, 0.05) is 38.1 Å². The van der Waals surface area contributed by atoms with E-state index in [1.165, 1.54) is 0 Å². The molecule has 0 fully saturated rings. The highest BCUT2D eigenvalue weighted by Crippen LogP contribution is 2.14. The predicted octanol–water partition coefficient (Wildman–Crippen LogP) is 3.22. The molecular formula is C19H26ClN5O. The Balaban J connectivity index is 1.80. The Hall–Kier alpha value is -2.34. The maximum atomic E-state index is 5.80. The number of hydrogen-bond acceptors (Lipinski definition) is 4. The Kier molecular flexibility index (Phi) is 8.69. The number of unbranched alkanes of at least 4 members (excludes halogenated alkanes) is 1. The van der Waals surface area contributed by atoms with Crippen LogP contribution in [0.25, 0.3) is 0 Å². The highest BCUT2D eigenvalue weighted by atomic mass is 35.5. The smallest absolute Gasteiger partial charge is 0.218 e. The van der Waals surface area contributed by atoms with Gasteiger partial charge in [0.15, 0.2) is 5.96 Å². The molecule has 2 rings (SSSR count). The summed E-state index contributed by atoms with van der Waals surface area (Å²) in [5.41, 5.74) is 2.13. The molecule has 0 bridgehead atoms. The summed E-state index contributed by atoms with van der Waals surface area (Å²) in [6.07, 6.45) is 6.49. The van der Waals surface area contributed by atoms with Gasteiger partial charge in [-0.25, -0.2) is 9.97 Å². The molecule has 0 amide bonds. The third-order valence-corrected chi connectivity index (χ3v) is 3.97. The molecule has 0 aliphatic heterocycles. The van der Waals surface area contributed by atoms with Gasteiger partial charge in [0.25, 0.3) is 0 Å². The second-order valence-electron chi connectivity index (χ2n) is 5.76. The van der Waals surface area contributed by atoms with Gasteiger partial charge in [-0.2, -0.15) is 0 Å². The van der Waals surface area contributed by atoms with Gasteiger partial charge in [0.1, 0.15) is 5.15 Å². The molecule has 0 atom stereocenters. The SMILES string of the molecule is CCCCOc1ncccc1CNC(=NC)NCCc1ccc(Cl)nc1. The van der Waals surface area contributed by atoms with Crippen molar-refractivity contribution in [2.24, 2.45) is 4.99 Å². The monoisotopic (exact) mass is 375 g/mol. The van der Waals surface area contributed by atoms with Gasteiger partial charge < -0.3 is 15.4 Å². The molecule has 0 radical (unpaired) electrons. The summed E-state index contributed by atoms with van der Waals surface area (Å²) in [4.78, 5) is 12.7. The van der Waals surface area contributed by atoms with E-state index in [0.717, 1.165) is 42.9 Å². The van der Waals surface area contributed by atoms with E-state index >= 15 is 0 Å². The van der Waals surface area contributed by atoms with Crippen LogP contribution in [-0.2, 0) is 13.0 Å². The van der Waals surface area contributed by atoms with Gasteiger partial charge in [-0.3, -0.25) is 4.99 Å². The lowest BCUT2D eigenvalue weighted by atomic mass is 10.2. The normalized spacial score (nSPS) is 11.3. The molecule has 7 heteroatoms. The van der Waals surface area contributed by atoms with Crippen LogP contribution in [0, 0.1) is 0 Å². The second kappa shape index (κ2) is 11.3. The summed E-state index contributed by atoms with van der Waals surface area (Å²) in [5, 5.41) is 7.09. The number of ether oxygens (including phenoxy) is 1. The molecule has 0 aromatic carbocycles. The first-order valence-electron chi connectivity index (χ1n) is 8.84. The summed E-state index contributed by atoms with van der Waals surface area (Å²) >= 11 is 5.80. The topological polar surface area (TPSA) is 71.4 Å². The van der Waals surface area contributed by atoms with Crippen LogP contribution in [0.4, 0.5) is 0 Å². The highest BCUT2D eigenvalue weighted by Gasteiger charge is 2.06. The Morgan fingerprint density at radius 2 is 2.12 bits per heavy atom. The number of rotatable bonds is 9. The van der Waals surface area contributed by atoms with Crippen LogP contribution in [0.15, 0.2) is 41.7 Å². The second-order valence-corrected chi connectivity index (χ2v) is 6.15. The van der Waals surface area contributed by atoms with Crippen molar-refractivity contribution in [3.63, 3.8) is 0 Å². The third-order valence-electron chi connectivity index (χ3n) is 3.75. The molecule has 26 heavy (non-hydrogen) atoms. The fourth-order valence-corrected chi connectivity index (χ4v) is 2.39. The Bertz CT molecular complexity index is 691. The molecule has 0 aliphatic rings. The highest BCUT2D eigenvalue weighted by molar-refractivity contribution is 6.29. The maximum Gasteiger partial charge on any atom is 0.218 e. The standard InChI is InChI=1S/C19H26ClN5O/c1-3-4-12-26-18-16(6-5-10-22-18)14-25-19(21-2)23-11-9-15-7-8-17(20)24-13-15/h5-8,10,13H,3-4,9,11-12,14H2,1-2H3,(H2,21,23,25). The predicted molar refractivity (Wildman–Crippen MR) is 106 cm³/mol.